The Kier molecular flexibility index (Phi) is 3.49. The number of thiazole rings is 1. The number of hydrogen-bond donors (Lipinski definition) is 0. The molecule has 0 spiro atoms. The Morgan fingerprint density at radius 3 is 2.64 bits per heavy atom. The van der Waals surface area contributed by atoms with Gasteiger partial charge in [0.15, 0.2) is 0 Å². The van der Waals surface area contributed by atoms with Gasteiger partial charge in [-0.15, -0.1) is 27.8 Å². The Morgan fingerprint density at radius 1 is 1.00 bits per heavy atom. The normalized spacial score (nSPS) is 11.0. The van der Waals surface area contributed by atoms with E-state index in [1.807, 2.05) is 53.4 Å². The van der Waals surface area contributed by atoms with Gasteiger partial charge in [0.25, 0.3) is 0 Å². The highest BCUT2D eigenvalue weighted by atomic mass is 35.5. The van der Waals surface area contributed by atoms with Crippen LogP contribution in [0.4, 0.5) is 0 Å². The average Bonchev–Trinajstić information content (AvgIpc) is 3.27. The fourth-order valence-electron chi connectivity index (χ4n) is 2.02. The zero-order valence-electron chi connectivity index (χ0n) is 11.2. The minimum atomic E-state index is 0.719. The number of rotatable bonds is 3. The summed E-state index contributed by atoms with van der Waals surface area (Å²) in [6, 6.07) is 11.7. The maximum Gasteiger partial charge on any atom is 0.212 e. The van der Waals surface area contributed by atoms with Gasteiger partial charge in [0.2, 0.25) is 5.13 Å². The maximum atomic E-state index is 5.91. The predicted molar refractivity (Wildman–Crippen MR) is 90.8 cm³/mol. The van der Waals surface area contributed by atoms with Crippen LogP contribution in [0, 0.1) is 0 Å². The molecule has 0 aliphatic rings. The van der Waals surface area contributed by atoms with E-state index < -0.39 is 0 Å². The first-order valence-corrected chi connectivity index (χ1v) is 8.61. The van der Waals surface area contributed by atoms with E-state index in [2.05, 4.69) is 15.3 Å². The van der Waals surface area contributed by atoms with Crippen LogP contribution in [0.5, 0.6) is 0 Å². The number of hydrogen-bond acceptors (Lipinski definition) is 5. The molecule has 0 radical (unpaired) electrons. The van der Waals surface area contributed by atoms with Gasteiger partial charge >= 0.3 is 0 Å². The molecule has 3 aromatic heterocycles. The van der Waals surface area contributed by atoms with Gasteiger partial charge in [-0.1, -0.05) is 35.0 Å². The van der Waals surface area contributed by atoms with Crippen molar-refractivity contribution in [2.24, 2.45) is 0 Å². The number of halogens is 1. The Hall–Kier alpha value is -2.02. The summed E-state index contributed by atoms with van der Waals surface area (Å²) in [5, 5.41) is 13.9. The van der Waals surface area contributed by atoms with Crippen LogP contribution in [0.25, 0.3) is 27.0 Å². The summed E-state index contributed by atoms with van der Waals surface area (Å²) < 4.78 is 1.71. The summed E-state index contributed by atoms with van der Waals surface area (Å²) in [7, 11) is 0. The summed E-state index contributed by atoms with van der Waals surface area (Å²) in [5.41, 5.74) is 2.80. The molecule has 4 rings (SSSR count). The molecule has 1 aromatic carbocycles. The third kappa shape index (κ3) is 2.56. The Balaban J connectivity index is 1.65. The van der Waals surface area contributed by atoms with Crippen LogP contribution in [-0.4, -0.2) is 20.0 Å². The van der Waals surface area contributed by atoms with Crippen molar-refractivity contribution >= 4 is 34.3 Å². The van der Waals surface area contributed by atoms with Crippen LogP contribution in [0.3, 0.4) is 0 Å². The van der Waals surface area contributed by atoms with E-state index in [4.69, 9.17) is 11.6 Å². The van der Waals surface area contributed by atoms with Crippen molar-refractivity contribution in [3.05, 3.63) is 58.4 Å². The zero-order valence-corrected chi connectivity index (χ0v) is 13.6. The summed E-state index contributed by atoms with van der Waals surface area (Å²) in [4.78, 5) is 5.71. The van der Waals surface area contributed by atoms with Gasteiger partial charge in [-0.3, -0.25) is 0 Å². The first-order chi connectivity index (χ1) is 10.8. The standard InChI is InChI=1S/C15H9ClN4S2/c16-11-5-3-10(4-6-11)13-9-22-15(17-13)20-8-12(18-19-20)14-2-1-7-21-14/h1-9H. The molecule has 0 aliphatic carbocycles. The fourth-order valence-corrected chi connectivity index (χ4v) is 3.57. The average molecular weight is 345 g/mol. The van der Waals surface area contributed by atoms with Crippen LogP contribution in [-0.2, 0) is 0 Å². The van der Waals surface area contributed by atoms with Crippen molar-refractivity contribution in [3.8, 4) is 27.0 Å². The second-order valence-corrected chi connectivity index (χ2v) is 6.77. The molecule has 4 aromatic rings. The molecule has 0 bridgehead atoms. The monoisotopic (exact) mass is 344 g/mol. The highest BCUT2D eigenvalue weighted by molar-refractivity contribution is 7.13. The van der Waals surface area contributed by atoms with E-state index in [1.165, 1.54) is 11.3 Å². The summed E-state index contributed by atoms with van der Waals surface area (Å²) in [6.45, 7) is 0. The second kappa shape index (κ2) is 5.64. The fraction of sp³-hybridized carbons (Fsp3) is 0. The van der Waals surface area contributed by atoms with Crippen molar-refractivity contribution in [3.63, 3.8) is 0 Å². The summed E-state index contributed by atoms with van der Waals surface area (Å²) in [6.07, 6.45) is 1.90. The topological polar surface area (TPSA) is 43.6 Å². The molecule has 0 saturated carbocycles. The van der Waals surface area contributed by atoms with Gasteiger partial charge in [0.05, 0.1) is 16.8 Å². The van der Waals surface area contributed by atoms with Crippen LogP contribution in [0.15, 0.2) is 53.4 Å². The van der Waals surface area contributed by atoms with E-state index >= 15 is 0 Å². The number of benzene rings is 1. The molecule has 22 heavy (non-hydrogen) atoms. The van der Waals surface area contributed by atoms with Crippen LogP contribution >= 0.6 is 34.3 Å². The minimum Gasteiger partial charge on any atom is -0.218 e. The molecule has 108 valence electrons. The van der Waals surface area contributed by atoms with Crippen LogP contribution in [0.2, 0.25) is 5.02 Å². The minimum absolute atomic E-state index is 0.719. The second-order valence-electron chi connectivity index (χ2n) is 4.55. The Labute approximate surface area is 139 Å². The van der Waals surface area contributed by atoms with E-state index in [-0.39, 0.29) is 0 Å². The molecular weight excluding hydrogens is 336 g/mol. The van der Waals surface area contributed by atoms with E-state index in [9.17, 15) is 0 Å². The molecule has 0 aliphatic heterocycles. The predicted octanol–water partition coefficient (Wildman–Crippen LogP) is 4.77. The van der Waals surface area contributed by atoms with Crippen molar-refractivity contribution in [2.45, 2.75) is 0 Å². The van der Waals surface area contributed by atoms with Crippen molar-refractivity contribution in [1.29, 1.82) is 0 Å². The first-order valence-electron chi connectivity index (χ1n) is 6.48. The lowest BCUT2D eigenvalue weighted by atomic mass is 10.2. The Morgan fingerprint density at radius 2 is 1.86 bits per heavy atom. The molecule has 7 heteroatoms. The molecular formula is C15H9ClN4S2. The van der Waals surface area contributed by atoms with E-state index in [0.717, 1.165) is 32.0 Å². The quantitative estimate of drug-likeness (QED) is 0.537. The smallest absolute Gasteiger partial charge is 0.212 e. The number of thiophene rings is 1. The zero-order chi connectivity index (χ0) is 14.9. The largest absolute Gasteiger partial charge is 0.218 e. The van der Waals surface area contributed by atoms with Crippen molar-refractivity contribution in [2.75, 3.05) is 0 Å². The number of nitrogens with zero attached hydrogens (tertiary/aromatic N) is 4. The van der Waals surface area contributed by atoms with Crippen LogP contribution < -0.4 is 0 Å². The van der Waals surface area contributed by atoms with Crippen molar-refractivity contribution in [1.82, 2.24) is 20.0 Å². The SMILES string of the molecule is Clc1ccc(-c2csc(-n3cc(-c4cccs4)nn3)n2)cc1. The summed E-state index contributed by atoms with van der Waals surface area (Å²) in [5.74, 6) is 0. The lowest BCUT2D eigenvalue weighted by Gasteiger charge is -1.96. The third-order valence-corrected chi connectivity index (χ3v) is 5.07. The van der Waals surface area contributed by atoms with Gasteiger partial charge in [0, 0.05) is 16.0 Å². The molecule has 0 fully saturated rings. The summed E-state index contributed by atoms with van der Waals surface area (Å²) >= 11 is 9.09. The van der Waals surface area contributed by atoms with Gasteiger partial charge in [-0.05, 0) is 23.6 Å². The maximum absolute atomic E-state index is 5.91. The highest BCUT2D eigenvalue weighted by Gasteiger charge is 2.10. The van der Waals surface area contributed by atoms with Crippen LogP contribution in [0.1, 0.15) is 0 Å². The first kappa shape index (κ1) is 13.6. The molecule has 4 nitrogen and oxygen atoms in total. The van der Waals surface area contributed by atoms with Gasteiger partial charge in [0.1, 0.15) is 5.69 Å². The van der Waals surface area contributed by atoms with Gasteiger partial charge in [-0.2, -0.15) is 4.68 Å². The molecule has 0 N–H and O–H groups in total. The lowest BCUT2D eigenvalue weighted by molar-refractivity contribution is 0.798. The number of aromatic nitrogens is 4. The molecule has 0 saturated heterocycles. The van der Waals surface area contributed by atoms with Gasteiger partial charge < -0.3 is 0 Å². The molecule has 0 atom stereocenters. The van der Waals surface area contributed by atoms with E-state index in [0.29, 0.717) is 0 Å². The van der Waals surface area contributed by atoms with Gasteiger partial charge in [-0.25, -0.2) is 4.98 Å². The molecule has 3 heterocycles. The van der Waals surface area contributed by atoms with E-state index in [1.54, 1.807) is 16.0 Å². The molecule has 0 amide bonds. The third-order valence-electron chi connectivity index (χ3n) is 3.10. The lowest BCUT2D eigenvalue weighted by Crippen LogP contribution is -1.93. The van der Waals surface area contributed by atoms with Crippen molar-refractivity contribution < 1.29 is 0 Å². The highest BCUT2D eigenvalue weighted by Crippen LogP contribution is 2.27. The molecule has 0 unspecified atom stereocenters. The Bertz CT molecular complexity index is 894.